The Morgan fingerprint density at radius 1 is 1.00 bits per heavy atom. The summed E-state index contributed by atoms with van der Waals surface area (Å²) in [5.41, 5.74) is 2.09. The summed E-state index contributed by atoms with van der Waals surface area (Å²) in [6, 6.07) is 4.29. The van der Waals surface area contributed by atoms with Gasteiger partial charge in [-0.15, -0.1) is 13.2 Å². The number of benzene rings is 2. The molecule has 1 nitrogen and oxygen atoms in total. The number of ether oxygens (including phenoxy) is 1. The Morgan fingerprint density at radius 3 is 2.26 bits per heavy atom. The van der Waals surface area contributed by atoms with Crippen LogP contribution < -0.4 is 4.74 Å². The van der Waals surface area contributed by atoms with Crippen molar-refractivity contribution in [3.05, 3.63) is 58.4 Å². The molecule has 144 valence electrons. The van der Waals surface area contributed by atoms with Crippen LogP contribution in [-0.2, 0) is 6.42 Å². The van der Waals surface area contributed by atoms with E-state index in [1.807, 2.05) is 6.08 Å². The summed E-state index contributed by atoms with van der Waals surface area (Å²) >= 11 is 0. The maximum Gasteiger partial charge on any atom is 0.573 e. The molecule has 2 aromatic carbocycles. The smallest absolute Gasteiger partial charge is 0.399 e. The zero-order chi connectivity index (χ0) is 19.8. The second-order valence-electron chi connectivity index (χ2n) is 6.36. The van der Waals surface area contributed by atoms with E-state index in [4.69, 9.17) is 0 Å². The molecule has 0 unspecified atom stereocenters. The molecule has 7 heteroatoms. The molecule has 0 bridgehead atoms. The summed E-state index contributed by atoms with van der Waals surface area (Å²) in [5, 5.41) is 0. The molecule has 0 aliphatic heterocycles. The molecule has 0 aromatic heterocycles. The first kappa shape index (κ1) is 19.3. The molecular formula is C20H16F6O. The molecule has 0 saturated heterocycles. The van der Waals surface area contributed by atoms with E-state index in [9.17, 15) is 26.3 Å². The minimum Gasteiger partial charge on any atom is -0.399 e. The highest BCUT2D eigenvalue weighted by Gasteiger charge is 2.34. The lowest BCUT2D eigenvalue weighted by Gasteiger charge is -2.19. The average Bonchev–Trinajstić information content (AvgIpc) is 2.58. The lowest BCUT2D eigenvalue weighted by molar-refractivity contribution is -0.276. The summed E-state index contributed by atoms with van der Waals surface area (Å²) in [4.78, 5) is 0. The lowest BCUT2D eigenvalue weighted by Crippen LogP contribution is -2.19. The van der Waals surface area contributed by atoms with Crippen molar-refractivity contribution in [2.24, 2.45) is 0 Å². The van der Waals surface area contributed by atoms with Gasteiger partial charge in [0.1, 0.15) is 5.82 Å². The Hall–Kier alpha value is -2.44. The number of hydrogen-bond acceptors (Lipinski definition) is 1. The highest BCUT2D eigenvalue weighted by Crippen LogP contribution is 2.36. The number of fused-ring (bicyclic) bond motifs is 1. The van der Waals surface area contributed by atoms with E-state index in [1.165, 1.54) is 11.6 Å². The van der Waals surface area contributed by atoms with Crippen LogP contribution in [0.15, 0.2) is 29.8 Å². The number of allylic oxidation sites excluding steroid dienone is 1. The third-order valence-corrected chi connectivity index (χ3v) is 4.43. The van der Waals surface area contributed by atoms with Gasteiger partial charge in [-0.1, -0.05) is 37.1 Å². The third-order valence-electron chi connectivity index (χ3n) is 4.43. The minimum atomic E-state index is -5.23. The van der Waals surface area contributed by atoms with Crippen LogP contribution >= 0.6 is 0 Å². The number of halogens is 6. The van der Waals surface area contributed by atoms with Gasteiger partial charge in [0.05, 0.1) is 0 Å². The molecule has 0 heterocycles. The summed E-state index contributed by atoms with van der Waals surface area (Å²) in [5.74, 6) is -5.28. The fourth-order valence-electron chi connectivity index (χ4n) is 3.27. The first-order valence-corrected chi connectivity index (χ1v) is 8.45. The topological polar surface area (TPSA) is 9.23 Å². The Kier molecular flexibility index (Phi) is 5.22. The molecule has 1 aliphatic rings. The van der Waals surface area contributed by atoms with Gasteiger partial charge in [-0.05, 0) is 48.1 Å². The van der Waals surface area contributed by atoms with Crippen molar-refractivity contribution in [3.8, 4) is 16.9 Å². The van der Waals surface area contributed by atoms with Crippen molar-refractivity contribution >= 4 is 6.08 Å². The molecule has 0 amide bonds. The van der Waals surface area contributed by atoms with Gasteiger partial charge in [0.15, 0.2) is 11.6 Å². The molecule has 0 spiro atoms. The Labute approximate surface area is 152 Å². The molecule has 2 aromatic rings. The van der Waals surface area contributed by atoms with Gasteiger partial charge in [0.2, 0.25) is 5.75 Å². The van der Waals surface area contributed by atoms with Gasteiger partial charge < -0.3 is 4.74 Å². The predicted molar refractivity (Wildman–Crippen MR) is 89.6 cm³/mol. The summed E-state index contributed by atoms with van der Waals surface area (Å²) in [6.07, 6.45) is -0.269. The summed E-state index contributed by atoms with van der Waals surface area (Å²) < 4.78 is 82.9. The second kappa shape index (κ2) is 7.29. The monoisotopic (exact) mass is 386 g/mol. The highest BCUT2D eigenvalue weighted by molar-refractivity contribution is 5.71. The molecule has 0 saturated carbocycles. The zero-order valence-electron chi connectivity index (χ0n) is 14.4. The third kappa shape index (κ3) is 4.12. The maximum atomic E-state index is 14.9. The van der Waals surface area contributed by atoms with Crippen LogP contribution in [0.1, 0.15) is 37.3 Å². The standard InChI is InChI=1S/C20H16F6O/c1-2-3-11-4-6-14-12(8-11)5-7-15(18(14)23)13-9-16(21)19(17(22)10-13)27-20(24,25)26/h5,7-10H,2-4,6H2,1H3. The molecule has 1 aliphatic carbocycles. The van der Waals surface area contributed by atoms with Crippen LogP contribution in [0.3, 0.4) is 0 Å². The van der Waals surface area contributed by atoms with Crippen molar-refractivity contribution in [1.82, 2.24) is 0 Å². The van der Waals surface area contributed by atoms with E-state index in [0.717, 1.165) is 12.8 Å². The molecule has 27 heavy (non-hydrogen) atoms. The molecule has 3 rings (SSSR count). The SMILES string of the molecule is CCCC1=Cc2ccc(-c3cc(F)c(OC(F)(F)F)c(F)c3)c(F)c2CC1. The summed E-state index contributed by atoms with van der Waals surface area (Å²) in [7, 11) is 0. The van der Waals surface area contributed by atoms with Gasteiger partial charge >= 0.3 is 6.36 Å². The average molecular weight is 386 g/mol. The van der Waals surface area contributed by atoms with Gasteiger partial charge in [-0.3, -0.25) is 0 Å². The Bertz CT molecular complexity index is 875. The Balaban J connectivity index is 2.01. The fraction of sp³-hybridized carbons (Fsp3) is 0.300. The van der Waals surface area contributed by atoms with Crippen molar-refractivity contribution in [2.75, 3.05) is 0 Å². The van der Waals surface area contributed by atoms with Crippen molar-refractivity contribution in [2.45, 2.75) is 39.0 Å². The molecule has 0 radical (unpaired) electrons. The second-order valence-corrected chi connectivity index (χ2v) is 6.36. The van der Waals surface area contributed by atoms with Gasteiger partial charge in [-0.25, -0.2) is 13.2 Å². The van der Waals surface area contributed by atoms with Gasteiger partial charge in [0, 0.05) is 5.56 Å². The van der Waals surface area contributed by atoms with E-state index in [-0.39, 0.29) is 11.1 Å². The van der Waals surface area contributed by atoms with Gasteiger partial charge in [0.25, 0.3) is 0 Å². The predicted octanol–water partition coefficient (Wildman–Crippen LogP) is 6.80. The minimum absolute atomic E-state index is 0.0718. The van der Waals surface area contributed by atoms with E-state index in [1.54, 1.807) is 6.07 Å². The number of hydrogen-bond donors (Lipinski definition) is 0. The van der Waals surface area contributed by atoms with E-state index in [0.29, 0.717) is 36.1 Å². The zero-order valence-corrected chi connectivity index (χ0v) is 14.4. The molecule has 0 N–H and O–H groups in total. The quantitative estimate of drug-likeness (QED) is 0.525. The Morgan fingerprint density at radius 2 is 1.67 bits per heavy atom. The van der Waals surface area contributed by atoms with E-state index < -0.39 is 29.6 Å². The van der Waals surface area contributed by atoms with Crippen LogP contribution in [0.5, 0.6) is 5.75 Å². The van der Waals surface area contributed by atoms with Crippen molar-refractivity contribution in [1.29, 1.82) is 0 Å². The summed E-state index contributed by atoms with van der Waals surface area (Å²) in [6.45, 7) is 2.05. The first-order valence-electron chi connectivity index (χ1n) is 8.45. The van der Waals surface area contributed by atoms with Gasteiger partial charge in [-0.2, -0.15) is 0 Å². The highest BCUT2D eigenvalue weighted by atomic mass is 19.4. The van der Waals surface area contributed by atoms with Crippen LogP contribution in [0.4, 0.5) is 26.3 Å². The maximum absolute atomic E-state index is 14.9. The van der Waals surface area contributed by atoms with Crippen LogP contribution in [0, 0.1) is 17.5 Å². The first-order chi connectivity index (χ1) is 12.7. The van der Waals surface area contributed by atoms with E-state index in [2.05, 4.69) is 11.7 Å². The molecule has 0 fully saturated rings. The van der Waals surface area contributed by atoms with Crippen molar-refractivity contribution < 1.29 is 31.1 Å². The lowest BCUT2D eigenvalue weighted by atomic mass is 9.87. The number of rotatable bonds is 4. The van der Waals surface area contributed by atoms with E-state index >= 15 is 0 Å². The normalized spacial score (nSPS) is 14.0. The van der Waals surface area contributed by atoms with Crippen LogP contribution in [0.2, 0.25) is 0 Å². The van der Waals surface area contributed by atoms with Crippen molar-refractivity contribution in [3.63, 3.8) is 0 Å². The fourth-order valence-corrected chi connectivity index (χ4v) is 3.27. The van der Waals surface area contributed by atoms with Crippen LogP contribution in [-0.4, -0.2) is 6.36 Å². The molecule has 0 atom stereocenters. The largest absolute Gasteiger partial charge is 0.573 e. The number of alkyl halides is 3. The van der Waals surface area contributed by atoms with Crippen LogP contribution in [0.25, 0.3) is 17.2 Å². The molecular weight excluding hydrogens is 370 g/mol.